The molecule has 0 saturated carbocycles. The zero-order chi connectivity index (χ0) is 16.2. The topological polar surface area (TPSA) is 43.8 Å². The summed E-state index contributed by atoms with van der Waals surface area (Å²) in [6, 6.07) is 0. The highest BCUT2D eigenvalue weighted by Crippen LogP contribution is 2.33. The van der Waals surface area contributed by atoms with Crippen molar-refractivity contribution in [1.82, 2.24) is 9.80 Å². The first-order valence-corrected chi connectivity index (χ1v) is 8.72. The fourth-order valence-electron chi connectivity index (χ4n) is 3.39. The molecule has 0 aromatic rings. The lowest BCUT2D eigenvalue weighted by Crippen LogP contribution is -2.43. The number of amides is 1. The number of aliphatic hydroxyl groups excluding tert-OH is 1. The van der Waals surface area contributed by atoms with E-state index in [4.69, 9.17) is 0 Å². The molecule has 126 valence electrons. The van der Waals surface area contributed by atoms with E-state index in [-0.39, 0.29) is 17.4 Å². The Kier molecular flexibility index (Phi) is 6.04. The molecule has 0 aliphatic carbocycles. The summed E-state index contributed by atoms with van der Waals surface area (Å²) in [5.74, 6) is 0.758. The third kappa shape index (κ3) is 5.10. The minimum absolute atomic E-state index is 0.135. The van der Waals surface area contributed by atoms with Gasteiger partial charge in [-0.15, -0.1) is 0 Å². The SMILES string of the molecule is CC(C)(C)C1CCCN(C(=O)/C=C/CN2CCC(O)CC2)C1. The third-order valence-electron chi connectivity index (χ3n) is 5.14. The van der Waals surface area contributed by atoms with Crippen molar-refractivity contribution >= 4 is 5.91 Å². The van der Waals surface area contributed by atoms with Gasteiger partial charge in [0.15, 0.2) is 0 Å². The smallest absolute Gasteiger partial charge is 0.246 e. The van der Waals surface area contributed by atoms with Crippen LogP contribution in [0.1, 0.15) is 46.5 Å². The first-order chi connectivity index (χ1) is 10.4. The van der Waals surface area contributed by atoms with Crippen LogP contribution < -0.4 is 0 Å². The molecule has 0 aromatic heterocycles. The minimum atomic E-state index is -0.135. The molecule has 2 heterocycles. The van der Waals surface area contributed by atoms with Crippen LogP contribution in [0.5, 0.6) is 0 Å². The van der Waals surface area contributed by atoms with Crippen LogP contribution in [0.25, 0.3) is 0 Å². The number of hydrogen-bond donors (Lipinski definition) is 1. The van der Waals surface area contributed by atoms with Crippen molar-refractivity contribution in [3.05, 3.63) is 12.2 Å². The highest BCUT2D eigenvalue weighted by atomic mass is 16.3. The van der Waals surface area contributed by atoms with Crippen molar-refractivity contribution in [1.29, 1.82) is 0 Å². The van der Waals surface area contributed by atoms with E-state index in [1.165, 1.54) is 6.42 Å². The summed E-state index contributed by atoms with van der Waals surface area (Å²) < 4.78 is 0. The van der Waals surface area contributed by atoms with E-state index >= 15 is 0 Å². The zero-order valence-corrected chi connectivity index (χ0v) is 14.4. The van der Waals surface area contributed by atoms with Crippen molar-refractivity contribution in [2.24, 2.45) is 11.3 Å². The molecule has 2 fully saturated rings. The lowest BCUT2D eigenvalue weighted by Gasteiger charge is -2.39. The summed E-state index contributed by atoms with van der Waals surface area (Å²) in [6.45, 7) is 11.3. The monoisotopic (exact) mass is 308 g/mol. The molecule has 1 amide bonds. The Morgan fingerprint density at radius 2 is 1.86 bits per heavy atom. The van der Waals surface area contributed by atoms with Gasteiger partial charge >= 0.3 is 0 Å². The first-order valence-electron chi connectivity index (χ1n) is 8.72. The van der Waals surface area contributed by atoms with Gasteiger partial charge in [0.1, 0.15) is 0 Å². The Morgan fingerprint density at radius 3 is 2.50 bits per heavy atom. The Labute approximate surface area is 135 Å². The number of hydrogen-bond acceptors (Lipinski definition) is 3. The maximum absolute atomic E-state index is 12.3. The van der Waals surface area contributed by atoms with Crippen molar-refractivity contribution in [3.63, 3.8) is 0 Å². The van der Waals surface area contributed by atoms with Crippen molar-refractivity contribution in [3.8, 4) is 0 Å². The van der Waals surface area contributed by atoms with E-state index in [1.54, 1.807) is 6.08 Å². The van der Waals surface area contributed by atoms with Crippen LogP contribution in [-0.4, -0.2) is 59.6 Å². The van der Waals surface area contributed by atoms with Gasteiger partial charge in [-0.3, -0.25) is 9.69 Å². The molecule has 1 N–H and O–H groups in total. The molecule has 4 heteroatoms. The molecule has 1 unspecified atom stereocenters. The van der Waals surface area contributed by atoms with Gasteiger partial charge in [0, 0.05) is 38.8 Å². The Hall–Kier alpha value is -0.870. The number of carbonyl (C=O) groups is 1. The van der Waals surface area contributed by atoms with Crippen molar-refractivity contribution in [2.45, 2.75) is 52.6 Å². The second-order valence-electron chi connectivity index (χ2n) is 7.92. The van der Waals surface area contributed by atoms with Crippen LogP contribution in [0.3, 0.4) is 0 Å². The van der Waals surface area contributed by atoms with E-state index in [1.807, 2.05) is 11.0 Å². The van der Waals surface area contributed by atoms with Crippen molar-refractivity contribution in [2.75, 3.05) is 32.7 Å². The molecule has 2 saturated heterocycles. The summed E-state index contributed by atoms with van der Waals surface area (Å²) in [6.07, 6.45) is 7.64. The van der Waals surface area contributed by atoms with Crippen LogP contribution in [0.4, 0.5) is 0 Å². The average Bonchev–Trinajstić information content (AvgIpc) is 2.48. The average molecular weight is 308 g/mol. The quantitative estimate of drug-likeness (QED) is 0.814. The number of aliphatic hydroxyl groups is 1. The van der Waals surface area contributed by atoms with Crippen LogP contribution >= 0.6 is 0 Å². The number of piperidine rings is 2. The molecule has 2 aliphatic heterocycles. The zero-order valence-electron chi connectivity index (χ0n) is 14.4. The highest BCUT2D eigenvalue weighted by Gasteiger charge is 2.30. The van der Waals surface area contributed by atoms with Gasteiger partial charge < -0.3 is 10.0 Å². The fraction of sp³-hybridized carbons (Fsp3) is 0.833. The molecule has 0 aromatic carbocycles. The summed E-state index contributed by atoms with van der Waals surface area (Å²) in [5, 5.41) is 9.50. The second-order valence-corrected chi connectivity index (χ2v) is 7.92. The van der Waals surface area contributed by atoms with E-state index in [0.717, 1.165) is 52.0 Å². The first kappa shape index (κ1) is 17.5. The van der Waals surface area contributed by atoms with E-state index in [0.29, 0.717) is 5.92 Å². The predicted molar refractivity (Wildman–Crippen MR) is 89.6 cm³/mol. The van der Waals surface area contributed by atoms with E-state index in [2.05, 4.69) is 25.7 Å². The molecule has 1 atom stereocenters. The summed E-state index contributed by atoms with van der Waals surface area (Å²) in [7, 11) is 0. The molecule has 22 heavy (non-hydrogen) atoms. The number of carbonyl (C=O) groups excluding carboxylic acids is 1. The molecule has 0 radical (unpaired) electrons. The fourth-order valence-corrected chi connectivity index (χ4v) is 3.39. The van der Waals surface area contributed by atoms with Gasteiger partial charge in [0.05, 0.1) is 6.10 Å². The van der Waals surface area contributed by atoms with E-state index in [9.17, 15) is 9.90 Å². The van der Waals surface area contributed by atoms with Gasteiger partial charge in [-0.05, 0) is 37.0 Å². The van der Waals surface area contributed by atoms with Gasteiger partial charge in [-0.1, -0.05) is 26.8 Å². The van der Waals surface area contributed by atoms with Gasteiger partial charge in [-0.2, -0.15) is 0 Å². The van der Waals surface area contributed by atoms with Crippen LogP contribution in [0.15, 0.2) is 12.2 Å². The van der Waals surface area contributed by atoms with Gasteiger partial charge in [-0.25, -0.2) is 0 Å². The molecular weight excluding hydrogens is 276 g/mol. The maximum Gasteiger partial charge on any atom is 0.246 e. The molecule has 2 rings (SSSR count). The Balaban J connectivity index is 1.77. The number of rotatable bonds is 3. The Morgan fingerprint density at radius 1 is 1.18 bits per heavy atom. The van der Waals surface area contributed by atoms with Crippen molar-refractivity contribution < 1.29 is 9.90 Å². The Bertz CT molecular complexity index is 392. The lowest BCUT2D eigenvalue weighted by molar-refractivity contribution is -0.128. The molecule has 2 aliphatic rings. The molecule has 0 spiro atoms. The predicted octanol–water partition coefficient (Wildman–Crippen LogP) is 2.28. The third-order valence-corrected chi connectivity index (χ3v) is 5.14. The number of nitrogens with zero attached hydrogens (tertiary/aromatic N) is 2. The van der Waals surface area contributed by atoms with Gasteiger partial charge in [0.25, 0.3) is 0 Å². The summed E-state index contributed by atoms with van der Waals surface area (Å²) in [5.41, 5.74) is 0.275. The second kappa shape index (κ2) is 7.60. The number of likely N-dealkylation sites (tertiary alicyclic amines) is 2. The molecule has 4 nitrogen and oxygen atoms in total. The maximum atomic E-state index is 12.3. The summed E-state index contributed by atoms with van der Waals surface area (Å²) >= 11 is 0. The van der Waals surface area contributed by atoms with Crippen LogP contribution in [0.2, 0.25) is 0 Å². The minimum Gasteiger partial charge on any atom is -0.393 e. The highest BCUT2D eigenvalue weighted by molar-refractivity contribution is 5.87. The lowest BCUT2D eigenvalue weighted by atomic mass is 9.76. The summed E-state index contributed by atoms with van der Waals surface area (Å²) in [4.78, 5) is 16.7. The van der Waals surface area contributed by atoms with Crippen LogP contribution in [-0.2, 0) is 4.79 Å². The molecule has 0 bridgehead atoms. The normalized spacial score (nSPS) is 25.8. The standard InChI is InChI=1S/C18H32N2O2/c1-18(2,3)15-6-4-11-20(14-15)17(22)7-5-10-19-12-8-16(21)9-13-19/h5,7,15-16,21H,4,6,8-14H2,1-3H3/b7-5+. The van der Waals surface area contributed by atoms with Crippen LogP contribution in [0, 0.1) is 11.3 Å². The largest absolute Gasteiger partial charge is 0.393 e. The molecular formula is C18H32N2O2. The van der Waals surface area contributed by atoms with E-state index < -0.39 is 0 Å². The van der Waals surface area contributed by atoms with Gasteiger partial charge in [0.2, 0.25) is 5.91 Å².